The molecular formula is C18H18Cl2N2O3. The van der Waals surface area contributed by atoms with Crippen LogP contribution in [0.2, 0.25) is 10.2 Å². The fraction of sp³-hybridized carbons (Fsp3) is 0.278. The lowest BCUT2D eigenvalue weighted by Gasteiger charge is -2.14. The van der Waals surface area contributed by atoms with Crippen LogP contribution in [0.5, 0.6) is 0 Å². The fourth-order valence-corrected chi connectivity index (χ4v) is 2.43. The SMILES string of the molecule is C[C@H](CCc1ccccc1)NC(=O)COC(=O)c1cnc(Cl)c(Cl)c1. The molecule has 0 fully saturated rings. The van der Waals surface area contributed by atoms with Gasteiger partial charge in [-0.25, -0.2) is 9.78 Å². The van der Waals surface area contributed by atoms with Gasteiger partial charge < -0.3 is 10.1 Å². The van der Waals surface area contributed by atoms with Crippen LogP contribution in [0.4, 0.5) is 0 Å². The van der Waals surface area contributed by atoms with E-state index in [9.17, 15) is 9.59 Å². The summed E-state index contributed by atoms with van der Waals surface area (Å²) in [5.74, 6) is -1.04. The molecule has 0 spiro atoms. The molecule has 0 aliphatic heterocycles. The molecule has 132 valence electrons. The summed E-state index contributed by atoms with van der Waals surface area (Å²) in [4.78, 5) is 27.5. The third-order valence-corrected chi connectivity index (χ3v) is 4.17. The average molecular weight is 381 g/mol. The van der Waals surface area contributed by atoms with Crippen LogP contribution in [-0.2, 0) is 16.0 Å². The van der Waals surface area contributed by atoms with Gasteiger partial charge in [-0.2, -0.15) is 0 Å². The van der Waals surface area contributed by atoms with E-state index in [0.29, 0.717) is 0 Å². The van der Waals surface area contributed by atoms with Gasteiger partial charge in [0.15, 0.2) is 6.61 Å². The lowest BCUT2D eigenvalue weighted by Crippen LogP contribution is -2.36. The molecule has 0 saturated heterocycles. The summed E-state index contributed by atoms with van der Waals surface area (Å²) in [6.45, 7) is 1.54. The van der Waals surface area contributed by atoms with Gasteiger partial charge in [-0.05, 0) is 31.4 Å². The highest BCUT2D eigenvalue weighted by atomic mass is 35.5. The Morgan fingerprint density at radius 3 is 2.64 bits per heavy atom. The molecule has 25 heavy (non-hydrogen) atoms. The Kier molecular flexibility index (Phi) is 7.22. The lowest BCUT2D eigenvalue weighted by molar-refractivity contribution is -0.124. The normalized spacial score (nSPS) is 11.6. The van der Waals surface area contributed by atoms with Crippen LogP contribution in [0.3, 0.4) is 0 Å². The quantitative estimate of drug-likeness (QED) is 0.587. The van der Waals surface area contributed by atoms with Crippen molar-refractivity contribution in [3.8, 4) is 0 Å². The first kappa shape index (κ1) is 19.2. The van der Waals surface area contributed by atoms with Crippen LogP contribution < -0.4 is 5.32 Å². The van der Waals surface area contributed by atoms with Crippen molar-refractivity contribution in [1.29, 1.82) is 0 Å². The van der Waals surface area contributed by atoms with Crippen molar-refractivity contribution in [2.75, 3.05) is 6.61 Å². The standard InChI is InChI=1S/C18H18Cl2N2O3/c1-12(7-8-13-5-3-2-4-6-13)22-16(23)11-25-18(24)14-9-15(19)17(20)21-10-14/h2-6,9-10,12H,7-8,11H2,1H3,(H,22,23)/t12-/m1/s1. The molecule has 0 bridgehead atoms. The van der Waals surface area contributed by atoms with E-state index >= 15 is 0 Å². The number of nitrogens with one attached hydrogen (secondary N) is 1. The maximum Gasteiger partial charge on any atom is 0.340 e. The third kappa shape index (κ3) is 6.36. The first-order chi connectivity index (χ1) is 12.0. The minimum Gasteiger partial charge on any atom is -0.452 e. The predicted octanol–water partition coefficient (Wildman–Crippen LogP) is 3.68. The predicted molar refractivity (Wildman–Crippen MR) is 96.9 cm³/mol. The van der Waals surface area contributed by atoms with Crippen molar-refractivity contribution in [1.82, 2.24) is 10.3 Å². The van der Waals surface area contributed by atoms with Gasteiger partial charge in [0.25, 0.3) is 5.91 Å². The van der Waals surface area contributed by atoms with Crippen molar-refractivity contribution >= 4 is 35.1 Å². The summed E-state index contributed by atoms with van der Waals surface area (Å²) in [5.41, 5.74) is 1.35. The zero-order valence-electron chi connectivity index (χ0n) is 13.7. The zero-order chi connectivity index (χ0) is 18.2. The highest BCUT2D eigenvalue weighted by Crippen LogP contribution is 2.20. The number of rotatable bonds is 7. The topological polar surface area (TPSA) is 68.3 Å². The number of aromatic nitrogens is 1. The van der Waals surface area contributed by atoms with E-state index in [0.717, 1.165) is 12.8 Å². The maximum absolute atomic E-state index is 11.9. The summed E-state index contributed by atoms with van der Waals surface area (Å²) >= 11 is 11.5. The minimum atomic E-state index is -0.682. The number of pyridine rings is 1. The van der Waals surface area contributed by atoms with Gasteiger partial charge in [-0.3, -0.25) is 4.79 Å². The second-order valence-corrected chi connectivity index (χ2v) is 6.33. The number of carbonyl (C=O) groups excluding carboxylic acids is 2. The molecule has 2 rings (SSSR count). The van der Waals surface area contributed by atoms with E-state index in [1.165, 1.54) is 17.8 Å². The summed E-state index contributed by atoms with van der Waals surface area (Å²) < 4.78 is 4.96. The minimum absolute atomic E-state index is 0.0296. The zero-order valence-corrected chi connectivity index (χ0v) is 15.2. The van der Waals surface area contributed by atoms with E-state index < -0.39 is 5.97 Å². The van der Waals surface area contributed by atoms with Crippen LogP contribution >= 0.6 is 23.2 Å². The van der Waals surface area contributed by atoms with Gasteiger partial charge in [-0.15, -0.1) is 0 Å². The van der Waals surface area contributed by atoms with E-state index in [4.69, 9.17) is 27.9 Å². The summed E-state index contributed by atoms with van der Waals surface area (Å²) in [6, 6.07) is 11.3. The highest BCUT2D eigenvalue weighted by Gasteiger charge is 2.14. The number of nitrogens with zero attached hydrogens (tertiary/aromatic N) is 1. The van der Waals surface area contributed by atoms with Crippen LogP contribution in [-0.4, -0.2) is 29.5 Å². The Morgan fingerprint density at radius 1 is 1.24 bits per heavy atom. The van der Waals surface area contributed by atoms with Crippen molar-refractivity contribution in [2.45, 2.75) is 25.8 Å². The number of hydrogen-bond acceptors (Lipinski definition) is 4. The molecule has 1 aromatic heterocycles. The first-order valence-electron chi connectivity index (χ1n) is 7.77. The number of benzene rings is 1. The molecule has 1 heterocycles. The monoisotopic (exact) mass is 380 g/mol. The molecule has 1 amide bonds. The van der Waals surface area contributed by atoms with Crippen molar-refractivity contribution in [3.05, 3.63) is 63.9 Å². The Bertz CT molecular complexity index is 738. The molecule has 7 heteroatoms. The lowest BCUT2D eigenvalue weighted by atomic mass is 10.1. The van der Waals surface area contributed by atoms with E-state index in [1.807, 2.05) is 37.3 Å². The Morgan fingerprint density at radius 2 is 1.96 bits per heavy atom. The molecule has 1 aromatic carbocycles. The number of halogens is 2. The number of hydrogen-bond donors (Lipinski definition) is 1. The van der Waals surface area contributed by atoms with E-state index in [1.54, 1.807) is 0 Å². The van der Waals surface area contributed by atoms with E-state index in [-0.39, 0.29) is 34.3 Å². The van der Waals surface area contributed by atoms with Gasteiger partial charge in [0.1, 0.15) is 5.15 Å². The average Bonchev–Trinajstić information content (AvgIpc) is 2.61. The van der Waals surface area contributed by atoms with Gasteiger partial charge in [0.2, 0.25) is 0 Å². The van der Waals surface area contributed by atoms with Gasteiger partial charge >= 0.3 is 5.97 Å². The number of carbonyl (C=O) groups is 2. The molecular weight excluding hydrogens is 363 g/mol. The molecule has 0 aliphatic carbocycles. The van der Waals surface area contributed by atoms with Gasteiger partial charge in [0.05, 0.1) is 10.6 Å². The summed E-state index contributed by atoms with van der Waals surface area (Å²) in [6.07, 6.45) is 2.90. The number of ether oxygens (including phenoxy) is 1. The molecule has 0 saturated carbocycles. The molecule has 0 aliphatic rings. The molecule has 0 unspecified atom stereocenters. The number of esters is 1. The van der Waals surface area contributed by atoms with E-state index in [2.05, 4.69) is 10.3 Å². The van der Waals surface area contributed by atoms with Crippen molar-refractivity contribution in [2.24, 2.45) is 0 Å². The van der Waals surface area contributed by atoms with Crippen LogP contribution in [0.15, 0.2) is 42.6 Å². The molecule has 0 radical (unpaired) electrons. The smallest absolute Gasteiger partial charge is 0.340 e. The molecule has 5 nitrogen and oxygen atoms in total. The van der Waals surface area contributed by atoms with Gasteiger partial charge in [-0.1, -0.05) is 53.5 Å². The van der Waals surface area contributed by atoms with Crippen LogP contribution in [0.25, 0.3) is 0 Å². The maximum atomic E-state index is 11.9. The third-order valence-electron chi connectivity index (χ3n) is 3.48. The first-order valence-corrected chi connectivity index (χ1v) is 8.52. The van der Waals surface area contributed by atoms with Crippen molar-refractivity contribution < 1.29 is 14.3 Å². The second kappa shape index (κ2) is 9.39. The fourth-order valence-electron chi connectivity index (χ4n) is 2.16. The molecule has 2 aromatic rings. The Balaban J connectivity index is 1.74. The van der Waals surface area contributed by atoms with Gasteiger partial charge in [0, 0.05) is 12.2 Å². The largest absolute Gasteiger partial charge is 0.452 e. The molecule has 1 atom stereocenters. The Labute approximate surface area is 156 Å². The summed E-state index contributed by atoms with van der Waals surface area (Å²) in [5, 5.41) is 3.05. The second-order valence-electron chi connectivity index (χ2n) is 5.57. The highest BCUT2D eigenvalue weighted by molar-refractivity contribution is 6.41. The van der Waals surface area contributed by atoms with Crippen LogP contribution in [0.1, 0.15) is 29.3 Å². The van der Waals surface area contributed by atoms with Crippen LogP contribution in [0, 0.1) is 0 Å². The summed E-state index contributed by atoms with van der Waals surface area (Å²) in [7, 11) is 0. The Hall–Kier alpha value is -2.11. The molecule has 1 N–H and O–H groups in total. The number of amides is 1. The number of aryl methyl sites for hydroxylation is 1. The van der Waals surface area contributed by atoms with Crippen molar-refractivity contribution in [3.63, 3.8) is 0 Å².